The van der Waals surface area contributed by atoms with Crippen molar-refractivity contribution in [2.24, 2.45) is 0 Å². The van der Waals surface area contributed by atoms with Crippen molar-refractivity contribution in [1.82, 2.24) is 5.32 Å². The van der Waals surface area contributed by atoms with Crippen LogP contribution < -0.4 is 10.1 Å². The minimum absolute atomic E-state index is 0.000379. The number of carboxylic acids is 1. The Hall–Kier alpha value is -3.48. The predicted octanol–water partition coefficient (Wildman–Crippen LogP) is 3.04. The van der Waals surface area contributed by atoms with Gasteiger partial charge >= 0.3 is 5.97 Å². The third-order valence-corrected chi connectivity index (χ3v) is 4.20. The minimum Gasteiger partial charge on any atom is -0.495 e. The minimum atomic E-state index is -1.69. The van der Waals surface area contributed by atoms with Gasteiger partial charge < -0.3 is 15.2 Å². The fraction of sp³-hybridized carbons (Fsp3) is 0.304. The first kappa shape index (κ1) is 22.8. The standard InChI is InChI=1S/C23H25NO6/c1-23(2,3)24-21(27)17-12-15(10-14-8-6-5-7-9-14)11-16(20(17)30-4)18(25)13-19(26)22(28)29/h5-9,11-12H,10,13H2,1-4H3,(H,24,27)(H,28,29). The van der Waals surface area contributed by atoms with Gasteiger partial charge in [0, 0.05) is 5.54 Å². The summed E-state index contributed by atoms with van der Waals surface area (Å²) in [5.41, 5.74) is 1.24. The Morgan fingerprint density at radius 1 is 0.967 bits per heavy atom. The average Bonchev–Trinajstić information content (AvgIpc) is 2.66. The van der Waals surface area contributed by atoms with Crippen molar-refractivity contribution in [1.29, 1.82) is 0 Å². The second-order valence-electron chi connectivity index (χ2n) is 7.92. The molecule has 0 aliphatic heterocycles. The molecule has 0 fully saturated rings. The lowest BCUT2D eigenvalue weighted by Gasteiger charge is -2.22. The molecular weight excluding hydrogens is 386 g/mol. The monoisotopic (exact) mass is 411 g/mol. The normalized spacial score (nSPS) is 10.9. The van der Waals surface area contributed by atoms with Crippen molar-refractivity contribution in [3.05, 3.63) is 64.7 Å². The SMILES string of the molecule is COc1c(C(=O)CC(=O)C(=O)O)cc(Cc2ccccc2)cc1C(=O)NC(C)(C)C. The summed E-state index contributed by atoms with van der Waals surface area (Å²) in [5, 5.41) is 11.7. The van der Waals surface area contributed by atoms with E-state index in [1.807, 2.05) is 51.1 Å². The molecule has 7 heteroatoms. The van der Waals surface area contributed by atoms with E-state index in [0.717, 1.165) is 5.56 Å². The number of amides is 1. The van der Waals surface area contributed by atoms with Crippen molar-refractivity contribution >= 4 is 23.4 Å². The molecule has 2 N–H and O–H groups in total. The van der Waals surface area contributed by atoms with E-state index in [0.29, 0.717) is 12.0 Å². The van der Waals surface area contributed by atoms with Crippen LogP contribution in [0.3, 0.4) is 0 Å². The fourth-order valence-electron chi connectivity index (χ4n) is 2.94. The van der Waals surface area contributed by atoms with E-state index in [1.165, 1.54) is 13.2 Å². The molecule has 0 heterocycles. The molecule has 2 aromatic carbocycles. The first-order valence-corrected chi connectivity index (χ1v) is 9.38. The number of carboxylic acid groups (broad SMARTS) is 1. The van der Waals surface area contributed by atoms with Crippen molar-refractivity contribution < 1.29 is 29.0 Å². The number of ketones is 2. The Morgan fingerprint density at radius 2 is 1.57 bits per heavy atom. The van der Waals surface area contributed by atoms with Gasteiger partial charge in [-0.3, -0.25) is 14.4 Å². The molecule has 0 aromatic heterocycles. The number of aliphatic carboxylic acids is 1. The van der Waals surface area contributed by atoms with Crippen molar-refractivity contribution in [2.75, 3.05) is 7.11 Å². The largest absolute Gasteiger partial charge is 0.495 e. The molecule has 2 rings (SSSR count). The topological polar surface area (TPSA) is 110 Å². The third kappa shape index (κ3) is 6.01. The molecule has 2 aromatic rings. The molecule has 30 heavy (non-hydrogen) atoms. The summed E-state index contributed by atoms with van der Waals surface area (Å²) in [7, 11) is 1.32. The van der Waals surface area contributed by atoms with E-state index in [-0.39, 0.29) is 16.9 Å². The van der Waals surface area contributed by atoms with Gasteiger partial charge in [-0.1, -0.05) is 30.3 Å². The molecule has 0 unspecified atom stereocenters. The second kappa shape index (κ2) is 9.35. The lowest BCUT2D eigenvalue weighted by Crippen LogP contribution is -2.40. The van der Waals surface area contributed by atoms with E-state index in [2.05, 4.69) is 5.32 Å². The molecule has 0 spiro atoms. The molecule has 0 aliphatic rings. The van der Waals surface area contributed by atoms with Crippen LogP contribution >= 0.6 is 0 Å². The highest BCUT2D eigenvalue weighted by molar-refractivity contribution is 6.37. The van der Waals surface area contributed by atoms with E-state index < -0.39 is 35.4 Å². The smallest absolute Gasteiger partial charge is 0.372 e. The van der Waals surface area contributed by atoms with Gasteiger partial charge in [-0.05, 0) is 50.5 Å². The predicted molar refractivity (Wildman–Crippen MR) is 111 cm³/mol. The van der Waals surface area contributed by atoms with Crippen molar-refractivity contribution in [2.45, 2.75) is 39.2 Å². The summed E-state index contributed by atoms with van der Waals surface area (Å²) in [6, 6.07) is 12.6. The molecular formula is C23H25NO6. The molecule has 7 nitrogen and oxygen atoms in total. The fourth-order valence-corrected chi connectivity index (χ4v) is 2.94. The van der Waals surface area contributed by atoms with Gasteiger partial charge in [-0.15, -0.1) is 0 Å². The van der Waals surface area contributed by atoms with E-state index in [1.54, 1.807) is 6.07 Å². The quantitative estimate of drug-likeness (QED) is 0.393. The van der Waals surface area contributed by atoms with Gasteiger partial charge in [0.15, 0.2) is 5.78 Å². The number of nitrogens with one attached hydrogen (secondary N) is 1. The Bertz CT molecular complexity index is 973. The molecule has 0 bridgehead atoms. The number of rotatable bonds is 8. The van der Waals surface area contributed by atoms with Crippen LogP contribution in [0, 0.1) is 0 Å². The first-order chi connectivity index (χ1) is 14.0. The Labute approximate surface area is 175 Å². The van der Waals surface area contributed by atoms with Gasteiger partial charge in [0.05, 0.1) is 24.7 Å². The summed E-state index contributed by atoms with van der Waals surface area (Å²) in [6.07, 6.45) is -0.380. The average molecular weight is 411 g/mol. The molecule has 1 amide bonds. The molecule has 0 atom stereocenters. The van der Waals surface area contributed by atoms with E-state index in [4.69, 9.17) is 9.84 Å². The van der Waals surface area contributed by atoms with Crippen molar-refractivity contribution in [3.8, 4) is 5.75 Å². The molecule has 158 valence electrons. The van der Waals surface area contributed by atoms with Gasteiger partial charge in [-0.2, -0.15) is 0 Å². The van der Waals surface area contributed by atoms with E-state index >= 15 is 0 Å². The summed E-state index contributed by atoms with van der Waals surface area (Å²) in [5.74, 6) is -4.06. The van der Waals surface area contributed by atoms with Crippen LogP contribution in [0.1, 0.15) is 59.0 Å². The zero-order valence-corrected chi connectivity index (χ0v) is 17.4. The Kier molecular flexibility index (Phi) is 7.10. The maximum Gasteiger partial charge on any atom is 0.372 e. The molecule has 0 aliphatic carbocycles. The van der Waals surface area contributed by atoms with Crippen LogP contribution in [0.4, 0.5) is 0 Å². The van der Waals surface area contributed by atoms with Crippen LogP contribution in [0.15, 0.2) is 42.5 Å². The zero-order chi connectivity index (χ0) is 22.5. The summed E-state index contributed by atoms with van der Waals surface area (Å²) < 4.78 is 5.34. The maximum atomic E-state index is 12.9. The highest BCUT2D eigenvalue weighted by Gasteiger charge is 2.26. The lowest BCUT2D eigenvalue weighted by atomic mass is 9.94. The number of ether oxygens (including phenoxy) is 1. The zero-order valence-electron chi connectivity index (χ0n) is 17.4. The third-order valence-electron chi connectivity index (χ3n) is 4.20. The Balaban J connectivity index is 2.56. The van der Waals surface area contributed by atoms with Crippen LogP contribution in [0.25, 0.3) is 0 Å². The van der Waals surface area contributed by atoms with E-state index in [9.17, 15) is 19.2 Å². The van der Waals surface area contributed by atoms with Crippen LogP contribution in [-0.4, -0.2) is 41.2 Å². The second-order valence-corrected chi connectivity index (χ2v) is 7.92. The van der Waals surface area contributed by atoms with Gasteiger partial charge in [0.1, 0.15) is 5.75 Å². The van der Waals surface area contributed by atoms with Gasteiger partial charge in [0.25, 0.3) is 5.91 Å². The van der Waals surface area contributed by atoms with Gasteiger partial charge in [-0.25, -0.2) is 4.79 Å². The summed E-state index contributed by atoms with van der Waals surface area (Å²) in [6.45, 7) is 5.47. The Morgan fingerprint density at radius 3 is 2.10 bits per heavy atom. The summed E-state index contributed by atoms with van der Waals surface area (Å²) >= 11 is 0. The summed E-state index contributed by atoms with van der Waals surface area (Å²) in [4.78, 5) is 48.0. The number of hydrogen-bond acceptors (Lipinski definition) is 5. The maximum absolute atomic E-state index is 12.9. The molecule has 0 saturated heterocycles. The highest BCUT2D eigenvalue weighted by atomic mass is 16.5. The molecule has 0 saturated carbocycles. The highest BCUT2D eigenvalue weighted by Crippen LogP contribution is 2.29. The number of methoxy groups -OCH3 is 1. The van der Waals surface area contributed by atoms with Crippen molar-refractivity contribution in [3.63, 3.8) is 0 Å². The van der Waals surface area contributed by atoms with Crippen LogP contribution in [0.5, 0.6) is 5.75 Å². The van der Waals surface area contributed by atoms with Crippen LogP contribution in [0.2, 0.25) is 0 Å². The number of hydrogen-bond donors (Lipinski definition) is 2. The number of benzene rings is 2. The number of carbonyl (C=O) groups excluding carboxylic acids is 3. The van der Waals surface area contributed by atoms with Crippen LogP contribution in [-0.2, 0) is 16.0 Å². The molecule has 0 radical (unpaired) electrons. The lowest BCUT2D eigenvalue weighted by molar-refractivity contribution is -0.148. The number of Topliss-reactive ketones (excluding diaryl/α,β-unsaturated/α-hetero) is 2. The number of carbonyl (C=O) groups is 4. The van der Waals surface area contributed by atoms with Gasteiger partial charge in [0.2, 0.25) is 5.78 Å². The first-order valence-electron chi connectivity index (χ1n) is 9.38.